The number of hydrogen-bond acceptors (Lipinski definition) is 0. The van der Waals surface area contributed by atoms with Crippen molar-refractivity contribution in [2.75, 3.05) is 0 Å². The summed E-state index contributed by atoms with van der Waals surface area (Å²) in [6.45, 7) is 0. The Kier molecular flexibility index (Phi) is 4.04. The van der Waals surface area contributed by atoms with E-state index >= 15 is 0 Å². The monoisotopic (exact) mass is 411 g/mol. The normalized spacial score (nSPS) is 10.1. The van der Waals surface area contributed by atoms with Gasteiger partial charge in [-0.2, -0.15) is 0 Å². The molecule has 0 nitrogen and oxygen atoms in total. The van der Waals surface area contributed by atoms with Gasteiger partial charge in [0.25, 0.3) is 0 Å². The molecule has 0 amide bonds. The Morgan fingerprint density at radius 3 is 0.895 bits per heavy atom. The topological polar surface area (TPSA) is 0 Å². The van der Waals surface area contributed by atoms with Gasteiger partial charge in [-0.1, -0.05) is 0 Å². The van der Waals surface area contributed by atoms with E-state index in [0.717, 1.165) is 0 Å². The minimum absolute atomic E-state index is 1.55. The average Bonchev–Trinajstić information content (AvgIpc) is 2.51. The van der Waals surface area contributed by atoms with E-state index in [1.165, 1.54) is 0 Å². The third kappa shape index (κ3) is 2.93. The Morgan fingerprint density at radius 1 is 0.368 bits per heavy atom. The summed E-state index contributed by atoms with van der Waals surface area (Å²) in [6.07, 6.45) is 0. The molecule has 0 radical (unpaired) electrons. The van der Waals surface area contributed by atoms with Crippen LogP contribution in [0.3, 0.4) is 0 Å². The molecule has 0 atom stereocenters. The quantitative estimate of drug-likeness (QED) is 0.583. The van der Waals surface area contributed by atoms with Crippen LogP contribution in [0.25, 0.3) is 0 Å². The molecule has 0 heterocycles. The maximum atomic E-state index is 2.29. The van der Waals surface area contributed by atoms with Crippen LogP contribution in [0.5, 0.6) is 0 Å². The van der Waals surface area contributed by atoms with Crippen molar-refractivity contribution < 1.29 is 21.4 Å². The van der Waals surface area contributed by atoms with Crippen molar-refractivity contribution >= 4 is 9.96 Å². The Balaban J connectivity index is 2.12. The van der Waals surface area contributed by atoms with Crippen LogP contribution in [0.2, 0.25) is 0 Å². The van der Waals surface area contributed by atoms with Gasteiger partial charge in [0.2, 0.25) is 0 Å². The zero-order valence-electron chi connectivity index (χ0n) is 10.7. The first kappa shape index (κ1) is 12.6. The van der Waals surface area contributed by atoms with E-state index in [1.807, 2.05) is 0 Å². The van der Waals surface area contributed by atoms with Crippen LogP contribution < -0.4 is 9.96 Å². The van der Waals surface area contributed by atoms with Crippen LogP contribution in [-0.2, 0) is 21.4 Å². The molecule has 3 rings (SSSR count). The van der Waals surface area contributed by atoms with Crippen molar-refractivity contribution in [1.82, 2.24) is 0 Å². The summed E-state index contributed by atoms with van der Waals surface area (Å²) < 4.78 is 4.64. The molecule has 0 spiro atoms. The Morgan fingerprint density at radius 2 is 0.632 bits per heavy atom. The van der Waals surface area contributed by atoms with E-state index in [2.05, 4.69) is 91.0 Å². The molecule has 0 fully saturated rings. The Bertz CT molecular complexity index is 524. The van der Waals surface area contributed by atoms with Crippen LogP contribution in [0, 0.1) is 0 Å². The molecule has 0 aliphatic carbocycles. The first-order chi connectivity index (χ1) is 9.45. The van der Waals surface area contributed by atoms with Gasteiger partial charge in [-0.05, 0) is 0 Å². The molecule has 91 valence electrons. The van der Waals surface area contributed by atoms with E-state index in [4.69, 9.17) is 0 Å². The molecular formula is C18H15Hf. The molecule has 0 N–H and O–H groups in total. The van der Waals surface area contributed by atoms with Crippen LogP contribution >= 0.6 is 0 Å². The van der Waals surface area contributed by atoms with Crippen LogP contribution in [0.15, 0.2) is 91.0 Å². The molecule has 0 aliphatic rings. The minimum atomic E-state index is -2.17. The molecule has 19 heavy (non-hydrogen) atoms. The summed E-state index contributed by atoms with van der Waals surface area (Å²) in [5.74, 6) is 0. The molecular weight excluding hydrogens is 395 g/mol. The average molecular weight is 410 g/mol. The van der Waals surface area contributed by atoms with Crippen molar-refractivity contribution in [2.24, 2.45) is 0 Å². The van der Waals surface area contributed by atoms with Crippen LogP contribution in [0.1, 0.15) is 0 Å². The first-order valence-electron chi connectivity index (χ1n) is 6.48. The summed E-state index contributed by atoms with van der Waals surface area (Å²) >= 11 is -2.17. The zero-order valence-corrected chi connectivity index (χ0v) is 14.3. The van der Waals surface area contributed by atoms with Gasteiger partial charge < -0.3 is 0 Å². The first-order valence-corrected chi connectivity index (χ1v) is 11.9. The van der Waals surface area contributed by atoms with Gasteiger partial charge in [0.05, 0.1) is 0 Å². The summed E-state index contributed by atoms with van der Waals surface area (Å²) in [5, 5.41) is 0. The fourth-order valence-electron chi connectivity index (χ4n) is 2.31. The molecule has 0 bridgehead atoms. The van der Waals surface area contributed by atoms with Crippen LogP contribution in [0.4, 0.5) is 0 Å². The zero-order chi connectivity index (χ0) is 12.9. The van der Waals surface area contributed by atoms with E-state index in [9.17, 15) is 0 Å². The summed E-state index contributed by atoms with van der Waals surface area (Å²) in [5.41, 5.74) is 0. The van der Waals surface area contributed by atoms with E-state index < -0.39 is 21.4 Å². The number of rotatable bonds is 3. The molecule has 0 aromatic heterocycles. The van der Waals surface area contributed by atoms with Gasteiger partial charge in [-0.15, -0.1) is 0 Å². The summed E-state index contributed by atoms with van der Waals surface area (Å²) in [6, 6.07) is 33.0. The fourth-order valence-corrected chi connectivity index (χ4v) is 11.6. The molecule has 3 aromatic carbocycles. The third-order valence-corrected chi connectivity index (χ3v) is 13.0. The van der Waals surface area contributed by atoms with Crippen molar-refractivity contribution in [1.29, 1.82) is 0 Å². The second-order valence-corrected chi connectivity index (χ2v) is 13.4. The molecule has 3 aromatic rings. The summed E-state index contributed by atoms with van der Waals surface area (Å²) in [7, 11) is 0. The molecule has 0 saturated heterocycles. The van der Waals surface area contributed by atoms with Gasteiger partial charge in [-0.3, -0.25) is 0 Å². The Labute approximate surface area is 122 Å². The van der Waals surface area contributed by atoms with Crippen molar-refractivity contribution in [3.8, 4) is 0 Å². The van der Waals surface area contributed by atoms with Crippen LogP contribution in [-0.4, -0.2) is 0 Å². The predicted molar refractivity (Wildman–Crippen MR) is 78.2 cm³/mol. The van der Waals surface area contributed by atoms with Gasteiger partial charge in [-0.25, -0.2) is 0 Å². The van der Waals surface area contributed by atoms with E-state index in [1.54, 1.807) is 9.96 Å². The summed E-state index contributed by atoms with van der Waals surface area (Å²) in [4.78, 5) is 0. The van der Waals surface area contributed by atoms with Gasteiger partial charge in [0.1, 0.15) is 0 Å². The number of benzene rings is 3. The van der Waals surface area contributed by atoms with Crippen molar-refractivity contribution in [2.45, 2.75) is 0 Å². The Hall–Kier alpha value is -1.47. The molecule has 1 heteroatoms. The number of hydrogen-bond donors (Lipinski definition) is 0. The molecule has 0 unspecified atom stereocenters. The van der Waals surface area contributed by atoms with Crippen molar-refractivity contribution in [3.63, 3.8) is 0 Å². The molecule has 0 aliphatic heterocycles. The van der Waals surface area contributed by atoms with E-state index in [-0.39, 0.29) is 0 Å². The maximum absolute atomic E-state index is 2.29. The van der Waals surface area contributed by atoms with E-state index in [0.29, 0.717) is 0 Å². The standard InChI is InChI=1S/3C6H5.Hf/c3*1-2-4-6-5-3-1;/h3*1-5H;. The second kappa shape index (κ2) is 6.12. The SMILES string of the molecule is c1cc[c]([Hf]([c]2ccccc2)[c]2ccccc2)cc1. The third-order valence-electron chi connectivity index (χ3n) is 3.19. The predicted octanol–water partition coefficient (Wildman–Crippen LogP) is 2.58. The fraction of sp³-hybridized carbons (Fsp3) is 0. The van der Waals surface area contributed by atoms with Gasteiger partial charge >= 0.3 is 122 Å². The van der Waals surface area contributed by atoms with Crippen molar-refractivity contribution in [3.05, 3.63) is 91.0 Å². The van der Waals surface area contributed by atoms with Gasteiger partial charge in [0, 0.05) is 0 Å². The second-order valence-electron chi connectivity index (χ2n) is 4.47. The molecule has 0 saturated carbocycles. The van der Waals surface area contributed by atoms with Gasteiger partial charge in [0.15, 0.2) is 0 Å².